The molecule has 0 radical (unpaired) electrons. The largest absolute Gasteiger partial charge is 0.491 e. The Morgan fingerprint density at radius 1 is 1.23 bits per heavy atom. The van der Waals surface area contributed by atoms with Gasteiger partial charge in [-0.05, 0) is 31.2 Å². The van der Waals surface area contributed by atoms with E-state index in [1.54, 1.807) is 24.3 Å². The van der Waals surface area contributed by atoms with Crippen molar-refractivity contribution in [3.63, 3.8) is 0 Å². The van der Waals surface area contributed by atoms with Gasteiger partial charge in [0.1, 0.15) is 30.1 Å². The minimum atomic E-state index is -0.479. The summed E-state index contributed by atoms with van der Waals surface area (Å²) in [7, 11) is 0. The zero-order chi connectivity index (χ0) is 18.3. The van der Waals surface area contributed by atoms with Gasteiger partial charge in [0.2, 0.25) is 0 Å². The summed E-state index contributed by atoms with van der Waals surface area (Å²) in [5.41, 5.74) is -0.108. The first kappa shape index (κ1) is 16.8. The topological polar surface area (TPSA) is 98.5 Å². The molecule has 0 unspecified atom stereocenters. The highest BCUT2D eigenvalue weighted by Gasteiger charge is 2.54. The number of carbonyl (C=O) groups excluding carboxylic acids is 1. The Morgan fingerprint density at radius 2 is 2.04 bits per heavy atom. The molecule has 1 saturated heterocycles. The van der Waals surface area contributed by atoms with Gasteiger partial charge in [0.15, 0.2) is 0 Å². The Bertz CT molecular complexity index is 944. The lowest BCUT2D eigenvalue weighted by atomic mass is 9.99. The number of esters is 1. The standard InChI is InChI=1S/C19H18O7/c1-19(8-14-6-12(9-20)18(22)24-14)16(26-19)10-23-13-4-2-11-3-5-17(21)25-15(11)7-13/h2-7,14,16,20H,8-10H2,1H3/t14-,16+,19+/m1/s1. The number of fused-ring (bicyclic) bond motifs is 1. The fourth-order valence-corrected chi connectivity index (χ4v) is 3.14. The second-order valence-corrected chi connectivity index (χ2v) is 6.68. The van der Waals surface area contributed by atoms with Crippen LogP contribution in [0.2, 0.25) is 0 Å². The number of aliphatic hydroxyl groups is 1. The molecular weight excluding hydrogens is 340 g/mol. The first-order valence-corrected chi connectivity index (χ1v) is 8.34. The molecule has 2 aromatic rings. The molecule has 0 amide bonds. The van der Waals surface area contributed by atoms with E-state index in [0.29, 0.717) is 24.4 Å². The number of rotatable bonds is 6. The molecule has 136 valence electrons. The van der Waals surface area contributed by atoms with Crippen molar-refractivity contribution in [1.29, 1.82) is 0 Å². The summed E-state index contributed by atoms with van der Waals surface area (Å²) in [5, 5.41) is 9.89. The molecule has 26 heavy (non-hydrogen) atoms. The van der Waals surface area contributed by atoms with Crippen LogP contribution in [0.4, 0.5) is 0 Å². The maximum absolute atomic E-state index is 11.5. The van der Waals surface area contributed by atoms with Crippen LogP contribution in [0.15, 0.2) is 51.2 Å². The molecule has 0 saturated carbocycles. The van der Waals surface area contributed by atoms with E-state index < -0.39 is 23.3 Å². The molecule has 7 nitrogen and oxygen atoms in total. The van der Waals surface area contributed by atoms with Crippen molar-refractivity contribution in [2.24, 2.45) is 0 Å². The molecule has 7 heteroatoms. The molecule has 1 aromatic heterocycles. The van der Waals surface area contributed by atoms with Crippen LogP contribution in [-0.2, 0) is 14.3 Å². The summed E-state index contributed by atoms with van der Waals surface area (Å²) >= 11 is 0. The van der Waals surface area contributed by atoms with Crippen molar-refractivity contribution in [1.82, 2.24) is 0 Å². The highest BCUT2D eigenvalue weighted by molar-refractivity contribution is 5.91. The second kappa shape index (κ2) is 6.26. The van der Waals surface area contributed by atoms with Gasteiger partial charge in [0.25, 0.3) is 0 Å². The molecule has 4 rings (SSSR count). The lowest BCUT2D eigenvalue weighted by molar-refractivity contribution is -0.140. The SMILES string of the molecule is C[C@@]1(C[C@H]2C=C(CO)C(=O)O2)O[C@H]1COc1ccc2ccc(=O)oc2c1. The van der Waals surface area contributed by atoms with Crippen molar-refractivity contribution in [2.75, 3.05) is 13.2 Å². The average Bonchev–Trinajstić information content (AvgIpc) is 3.11. The van der Waals surface area contributed by atoms with E-state index in [1.165, 1.54) is 6.07 Å². The Hall–Kier alpha value is -2.64. The Kier molecular flexibility index (Phi) is 4.05. The van der Waals surface area contributed by atoms with Crippen LogP contribution in [0, 0.1) is 0 Å². The van der Waals surface area contributed by atoms with Gasteiger partial charge in [-0.15, -0.1) is 0 Å². The van der Waals surface area contributed by atoms with Crippen molar-refractivity contribution in [3.8, 4) is 5.75 Å². The van der Waals surface area contributed by atoms with Gasteiger partial charge in [-0.2, -0.15) is 0 Å². The van der Waals surface area contributed by atoms with E-state index >= 15 is 0 Å². The lowest BCUT2D eigenvalue weighted by Crippen LogP contribution is -2.22. The van der Waals surface area contributed by atoms with Gasteiger partial charge in [0, 0.05) is 23.9 Å². The molecule has 1 fully saturated rings. The van der Waals surface area contributed by atoms with Crippen LogP contribution >= 0.6 is 0 Å². The summed E-state index contributed by atoms with van der Waals surface area (Å²) in [6.07, 6.45) is 1.61. The number of carbonyl (C=O) groups is 1. The predicted octanol–water partition coefficient (Wildman–Crippen LogP) is 1.56. The molecule has 0 aliphatic carbocycles. The monoisotopic (exact) mass is 358 g/mol. The molecule has 1 N–H and O–H groups in total. The van der Waals surface area contributed by atoms with Crippen LogP contribution in [-0.4, -0.2) is 42.1 Å². The molecule has 1 aromatic carbocycles. The van der Waals surface area contributed by atoms with E-state index in [0.717, 1.165) is 5.39 Å². The van der Waals surface area contributed by atoms with Gasteiger partial charge in [0.05, 0.1) is 17.8 Å². The molecule has 2 aliphatic heterocycles. The van der Waals surface area contributed by atoms with Crippen molar-refractivity contribution < 1.29 is 28.5 Å². The normalized spacial score (nSPS) is 27.3. The number of aliphatic hydroxyl groups excluding tert-OH is 1. The second-order valence-electron chi connectivity index (χ2n) is 6.68. The average molecular weight is 358 g/mol. The number of ether oxygens (including phenoxy) is 3. The smallest absolute Gasteiger partial charge is 0.336 e. The molecule has 0 spiro atoms. The van der Waals surface area contributed by atoms with Crippen LogP contribution in [0.3, 0.4) is 0 Å². The van der Waals surface area contributed by atoms with Crippen LogP contribution in [0.1, 0.15) is 13.3 Å². The third-order valence-corrected chi connectivity index (χ3v) is 4.72. The zero-order valence-electron chi connectivity index (χ0n) is 14.1. The van der Waals surface area contributed by atoms with Crippen molar-refractivity contribution >= 4 is 16.9 Å². The van der Waals surface area contributed by atoms with E-state index in [4.69, 9.17) is 23.7 Å². The lowest BCUT2D eigenvalue weighted by Gasteiger charge is -2.12. The summed E-state index contributed by atoms with van der Waals surface area (Å²) in [6, 6.07) is 8.37. The van der Waals surface area contributed by atoms with Gasteiger partial charge < -0.3 is 23.7 Å². The van der Waals surface area contributed by atoms with Gasteiger partial charge in [-0.3, -0.25) is 0 Å². The minimum Gasteiger partial charge on any atom is -0.491 e. The summed E-state index contributed by atoms with van der Waals surface area (Å²) in [4.78, 5) is 22.8. The Morgan fingerprint density at radius 3 is 2.81 bits per heavy atom. The predicted molar refractivity (Wildman–Crippen MR) is 90.9 cm³/mol. The number of hydrogen-bond acceptors (Lipinski definition) is 7. The quantitative estimate of drug-likeness (QED) is 0.475. The van der Waals surface area contributed by atoms with Gasteiger partial charge in [-0.25, -0.2) is 9.59 Å². The van der Waals surface area contributed by atoms with Crippen LogP contribution in [0.5, 0.6) is 5.75 Å². The number of epoxide rings is 1. The third kappa shape index (κ3) is 3.23. The molecule has 3 atom stereocenters. The molecule has 0 bridgehead atoms. The number of cyclic esters (lactones) is 1. The maximum Gasteiger partial charge on any atom is 0.336 e. The number of benzene rings is 1. The Labute approximate surface area is 148 Å². The molecule has 3 heterocycles. The van der Waals surface area contributed by atoms with E-state index in [1.807, 2.05) is 13.0 Å². The summed E-state index contributed by atoms with van der Waals surface area (Å²) in [5.74, 6) is 0.103. The highest BCUT2D eigenvalue weighted by atomic mass is 16.6. The fourth-order valence-electron chi connectivity index (χ4n) is 3.14. The van der Waals surface area contributed by atoms with Gasteiger partial charge >= 0.3 is 11.6 Å². The molecular formula is C19H18O7. The van der Waals surface area contributed by atoms with E-state index in [-0.39, 0.29) is 18.3 Å². The fraction of sp³-hybridized carbons (Fsp3) is 0.368. The first-order chi connectivity index (χ1) is 12.5. The molecule has 2 aliphatic rings. The maximum atomic E-state index is 11.5. The van der Waals surface area contributed by atoms with Gasteiger partial charge in [-0.1, -0.05) is 0 Å². The van der Waals surface area contributed by atoms with Crippen LogP contribution < -0.4 is 10.4 Å². The zero-order valence-corrected chi connectivity index (χ0v) is 14.1. The van der Waals surface area contributed by atoms with E-state index in [9.17, 15) is 9.59 Å². The Balaban J connectivity index is 1.35. The van der Waals surface area contributed by atoms with E-state index in [2.05, 4.69) is 0 Å². The first-order valence-electron chi connectivity index (χ1n) is 8.34. The van der Waals surface area contributed by atoms with Crippen molar-refractivity contribution in [3.05, 3.63) is 52.4 Å². The van der Waals surface area contributed by atoms with Crippen molar-refractivity contribution in [2.45, 2.75) is 31.2 Å². The number of hydrogen-bond donors (Lipinski definition) is 1. The highest BCUT2D eigenvalue weighted by Crippen LogP contribution is 2.42. The van der Waals surface area contributed by atoms with Crippen LogP contribution in [0.25, 0.3) is 11.0 Å². The summed E-state index contributed by atoms with van der Waals surface area (Å²) in [6.45, 7) is 1.94. The minimum absolute atomic E-state index is 0.133. The summed E-state index contributed by atoms with van der Waals surface area (Å²) < 4.78 is 21.8. The third-order valence-electron chi connectivity index (χ3n) is 4.72.